The average Bonchev–Trinajstić information content (AvgIpc) is 2.98. The van der Waals surface area contributed by atoms with E-state index >= 15 is 0 Å². The molecule has 3 rings (SSSR count). The third kappa shape index (κ3) is 2.39. The van der Waals surface area contributed by atoms with E-state index in [1.807, 2.05) is 6.07 Å². The molecule has 1 saturated heterocycles. The molecule has 2 aliphatic rings. The number of aryl methyl sites for hydroxylation is 2. The van der Waals surface area contributed by atoms with E-state index in [-0.39, 0.29) is 5.91 Å². The zero-order valence-corrected chi connectivity index (χ0v) is 11.5. The van der Waals surface area contributed by atoms with Gasteiger partial charge in [-0.05, 0) is 43.7 Å². The summed E-state index contributed by atoms with van der Waals surface area (Å²) in [5.74, 6) is -1.17. The van der Waals surface area contributed by atoms with Crippen molar-refractivity contribution in [3.8, 4) is 0 Å². The molecule has 1 atom stereocenters. The molecule has 0 aromatic carbocycles. The van der Waals surface area contributed by atoms with E-state index in [0.717, 1.165) is 24.1 Å². The highest BCUT2D eigenvalue weighted by molar-refractivity contribution is 7.14. The standard InChI is InChI=1S/C14H17NO3S/c16-13(12-7-9-3-1-5-11(9)19-12)15-6-2-4-10(8-15)14(17)18/h7,10H,1-6,8H2,(H,17,18). The lowest BCUT2D eigenvalue weighted by Crippen LogP contribution is -2.42. The van der Waals surface area contributed by atoms with Gasteiger partial charge in [-0.15, -0.1) is 11.3 Å². The highest BCUT2D eigenvalue weighted by Crippen LogP contribution is 2.32. The van der Waals surface area contributed by atoms with Crippen LogP contribution in [-0.4, -0.2) is 35.0 Å². The molecule has 5 heteroatoms. The average molecular weight is 279 g/mol. The highest BCUT2D eigenvalue weighted by atomic mass is 32.1. The van der Waals surface area contributed by atoms with Crippen molar-refractivity contribution in [1.29, 1.82) is 0 Å². The van der Waals surface area contributed by atoms with Gasteiger partial charge in [0.25, 0.3) is 5.91 Å². The van der Waals surface area contributed by atoms with Crippen molar-refractivity contribution in [2.75, 3.05) is 13.1 Å². The van der Waals surface area contributed by atoms with Crippen LogP contribution in [0.3, 0.4) is 0 Å². The molecule has 0 bridgehead atoms. The fourth-order valence-electron chi connectivity index (χ4n) is 2.95. The number of carbonyl (C=O) groups is 2. The van der Waals surface area contributed by atoms with E-state index < -0.39 is 11.9 Å². The minimum atomic E-state index is -0.786. The van der Waals surface area contributed by atoms with Gasteiger partial charge < -0.3 is 10.0 Å². The van der Waals surface area contributed by atoms with Crippen LogP contribution in [0.2, 0.25) is 0 Å². The van der Waals surface area contributed by atoms with Crippen LogP contribution in [0.25, 0.3) is 0 Å². The molecule has 1 aromatic rings. The Hall–Kier alpha value is -1.36. The smallest absolute Gasteiger partial charge is 0.308 e. The molecule has 19 heavy (non-hydrogen) atoms. The number of rotatable bonds is 2. The number of hydrogen-bond donors (Lipinski definition) is 1. The van der Waals surface area contributed by atoms with Gasteiger partial charge >= 0.3 is 5.97 Å². The van der Waals surface area contributed by atoms with E-state index in [4.69, 9.17) is 5.11 Å². The van der Waals surface area contributed by atoms with Gasteiger partial charge in [0.05, 0.1) is 10.8 Å². The van der Waals surface area contributed by atoms with Gasteiger partial charge in [-0.2, -0.15) is 0 Å². The van der Waals surface area contributed by atoms with Gasteiger partial charge in [0.1, 0.15) is 0 Å². The molecule has 2 heterocycles. The maximum absolute atomic E-state index is 12.4. The number of piperidine rings is 1. The van der Waals surface area contributed by atoms with Crippen molar-refractivity contribution < 1.29 is 14.7 Å². The van der Waals surface area contributed by atoms with Crippen molar-refractivity contribution in [3.63, 3.8) is 0 Å². The number of thiophene rings is 1. The monoisotopic (exact) mass is 279 g/mol. The fourth-order valence-corrected chi connectivity index (χ4v) is 4.17. The first-order valence-corrected chi connectivity index (χ1v) is 7.60. The van der Waals surface area contributed by atoms with Crippen molar-refractivity contribution in [2.24, 2.45) is 5.92 Å². The normalized spacial score (nSPS) is 22.3. The lowest BCUT2D eigenvalue weighted by molar-refractivity contribution is -0.143. The summed E-state index contributed by atoms with van der Waals surface area (Å²) in [4.78, 5) is 27.3. The Morgan fingerprint density at radius 3 is 2.89 bits per heavy atom. The highest BCUT2D eigenvalue weighted by Gasteiger charge is 2.30. The predicted octanol–water partition coefficient (Wildman–Crippen LogP) is 2.17. The summed E-state index contributed by atoms with van der Waals surface area (Å²) in [6.07, 6.45) is 4.83. The Labute approximate surface area is 116 Å². The zero-order valence-electron chi connectivity index (χ0n) is 10.7. The minimum Gasteiger partial charge on any atom is -0.481 e. The number of carbonyl (C=O) groups excluding carboxylic acids is 1. The maximum atomic E-state index is 12.4. The second-order valence-electron chi connectivity index (χ2n) is 5.34. The summed E-state index contributed by atoms with van der Waals surface area (Å²) < 4.78 is 0. The van der Waals surface area contributed by atoms with Gasteiger partial charge in [0.2, 0.25) is 0 Å². The molecule has 0 saturated carbocycles. The van der Waals surface area contributed by atoms with E-state index in [2.05, 4.69) is 0 Å². The lowest BCUT2D eigenvalue weighted by Gasteiger charge is -2.30. The van der Waals surface area contributed by atoms with E-state index in [9.17, 15) is 9.59 Å². The second-order valence-corrected chi connectivity index (χ2v) is 6.48. The van der Waals surface area contributed by atoms with Crippen LogP contribution in [0.4, 0.5) is 0 Å². The summed E-state index contributed by atoms with van der Waals surface area (Å²) in [7, 11) is 0. The number of amides is 1. The fraction of sp³-hybridized carbons (Fsp3) is 0.571. The Morgan fingerprint density at radius 2 is 2.16 bits per heavy atom. The van der Waals surface area contributed by atoms with Gasteiger partial charge in [-0.25, -0.2) is 0 Å². The summed E-state index contributed by atoms with van der Waals surface area (Å²) >= 11 is 1.59. The molecule has 0 radical (unpaired) electrons. The molecule has 0 spiro atoms. The van der Waals surface area contributed by atoms with Gasteiger partial charge in [-0.3, -0.25) is 9.59 Å². The first-order chi connectivity index (χ1) is 9.15. The number of hydrogen-bond acceptors (Lipinski definition) is 3. The number of likely N-dealkylation sites (tertiary alicyclic amines) is 1. The zero-order chi connectivity index (χ0) is 13.4. The quantitative estimate of drug-likeness (QED) is 0.902. The molecule has 4 nitrogen and oxygen atoms in total. The topological polar surface area (TPSA) is 57.6 Å². The molecule has 1 aromatic heterocycles. The molecule has 1 fully saturated rings. The number of fused-ring (bicyclic) bond motifs is 1. The number of aliphatic carboxylic acids is 1. The molecule has 1 aliphatic carbocycles. The van der Waals surface area contributed by atoms with Crippen LogP contribution in [0, 0.1) is 5.92 Å². The third-order valence-corrected chi connectivity index (χ3v) is 5.24. The van der Waals surface area contributed by atoms with Crippen molar-refractivity contribution in [3.05, 3.63) is 21.4 Å². The molecule has 102 valence electrons. The molecular weight excluding hydrogens is 262 g/mol. The molecular formula is C14H17NO3S. The molecule has 1 unspecified atom stereocenters. The molecule has 1 N–H and O–H groups in total. The molecule has 1 aliphatic heterocycles. The van der Waals surface area contributed by atoms with Crippen molar-refractivity contribution in [2.45, 2.75) is 32.1 Å². The van der Waals surface area contributed by atoms with Gasteiger partial charge in [-0.1, -0.05) is 0 Å². The minimum absolute atomic E-state index is 0.0188. The predicted molar refractivity (Wildman–Crippen MR) is 72.6 cm³/mol. The number of nitrogens with zero attached hydrogens (tertiary/aromatic N) is 1. The van der Waals surface area contributed by atoms with Crippen LogP contribution >= 0.6 is 11.3 Å². The van der Waals surface area contributed by atoms with E-state index in [1.165, 1.54) is 16.9 Å². The number of carboxylic acids is 1. The van der Waals surface area contributed by atoms with Crippen LogP contribution in [0.15, 0.2) is 6.07 Å². The maximum Gasteiger partial charge on any atom is 0.308 e. The van der Waals surface area contributed by atoms with E-state index in [0.29, 0.717) is 19.5 Å². The van der Waals surface area contributed by atoms with Crippen LogP contribution < -0.4 is 0 Å². The van der Waals surface area contributed by atoms with Gasteiger partial charge in [0.15, 0.2) is 0 Å². The first-order valence-electron chi connectivity index (χ1n) is 6.79. The van der Waals surface area contributed by atoms with Crippen LogP contribution in [0.5, 0.6) is 0 Å². The first kappa shape index (κ1) is 12.7. The summed E-state index contributed by atoms with van der Waals surface area (Å²) in [6, 6.07) is 2.01. The largest absolute Gasteiger partial charge is 0.481 e. The Balaban J connectivity index is 1.74. The van der Waals surface area contributed by atoms with E-state index in [1.54, 1.807) is 16.2 Å². The van der Waals surface area contributed by atoms with Crippen LogP contribution in [-0.2, 0) is 17.6 Å². The lowest BCUT2D eigenvalue weighted by atomic mass is 9.98. The molecule has 1 amide bonds. The summed E-state index contributed by atoms with van der Waals surface area (Å²) in [5.41, 5.74) is 1.32. The third-order valence-electron chi connectivity index (χ3n) is 4.02. The summed E-state index contributed by atoms with van der Waals surface area (Å²) in [5, 5.41) is 9.07. The summed E-state index contributed by atoms with van der Waals surface area (Å²) in [6.45, 7) is 1.04. The SMILES string of the molecule is O=C(O)C1CCCN(C(=O)c2cc3c(s2)CCC3)C1. The number of carboxylic acid groups (broad SMARTS) is 1. The second kappa shape index (κ2) is 4.96. The van der Waals surface area contributed by atoms with Crippen molar-refractivity contribution in [1.82, 2.24) is 4.90 Å². The van der Waals surface area contributed by atoms with Crippen molar-refractivity contribution >= 4 is 23.2 Å². The van der Waals surface area contributed by atoms with Crippen LogP contribution in [0.1, 0.15) is 39.4 Å². The Kier molecular flexibility index (Phi) is 3.31. The van der Waals surface area contributed by atoms with Gasteiger partial charge in [0, 0.05) is 18.0 Å². The Morgan fingerprint density at radius 1 is 1.32 bits per heavy atom. The Bertz CT molecular complexity index is 501.